The van der Waals surface area contributed by atoms with Crippen LogP contribution in [-0.2, 0) is 26.1 Å². The van der Waals surface area contributed by atoms with Gasteiger partial charge in [-0.15, -0.1) is 21.5 Å². The molecule has 3 aromatic rings. The number of hydrogen-bond donors (Lipinski definition) is 0. The highest BCUT2D eigenvalue weighted by atomic mass is 32.1. The number of nitrogens with zero attached hydrogens (tertiary/aromatic N) is 5. The fraction of sp³-hybridized carbons (Fsp3) is 0.412. The van der Waals surface area contributed by atoms with Crippen LogP contribution < -0.4 is 0 Å². The van der Waals surface area contributed by atoms with Crippen LogP contribution in [0.1, 0.15) is 21.4 Å². The summed E-state index contributed by atoms with van der Waals surface area (Å²) in [5, 5.41) is 8.82. The van der Waals surface area contributed by atoms with E-state index in [0.717, 1.165) is 50.8 Å². The van der Waals surface area contributed by atoms with E-state index in [1.807, 2.05) is 23.5 Å². The number of hydrogen-bond acceptors (Lipinski definition) is 4. The fourth-order valence-corrected chi connectivity index (χ4v) is 4.06. The van der Waals surface area contributed by atoms with Gasteiger partial charge in [-0.3, -0.25) is 4.90 Å². The summed E-state index contributed by atoms with van der Waals surface area (Å²) in [7, 11) is 0. The molecule has 1 aliphatic heterocycles. The molecule has 5 nitrogen and oxygen atoms in total. The molecule has 0 bridgehead atoms. The van der Waals surface area contributed by atoms with Gasteiger partial charge in [-0.05, 0) is 31.2 Å². The van der Waals surface area contributed by atoms with Gasteiger partial charge in [-0.2, -0.15) is 0 Å². The molecule has 0 amide bonds. The standard InChI is InChI=1S/C17H21N5S/c1-14-4-5-15(23-14)12-21-9-6-16-18-19-17(22(16)11-10-21)13-20-7-2-3-8-20/h2-5,7-8H,6,9-13H2,1H3. The van der Waals surface area contributed by atoms with Gasteiger partial charge < -0.3 is 9.13 Å². The van der Waals surface area contributed by atoms with Crippen LogP contribution >= 0.6 is 11.3 Å². The van der Waals surface area contributed by atoms with Crippen molar-refractivity contribution in [2.24, 2.45) is 0 Å². The summed E-state index contributed by atoms with van der Waals surface area (Å²) < 4.78 is 4.45. The van der Waals surface area contributed by atoms with Gasteiger partial charge in [0.2, 0.25) is 0 Å². The van der Waals surface area contributed by atoms with E-state index in [9.17, 15) is 0 Å². The largest absolute Gasteiger partial charge is 0.347 e. The van der Waals surface area contributed by atoms with E-state index in [2.05, 4.69) is 55.7 Å². The summed E-state index contributed by atoms with van der Waals surface area (Å²) in [6.07, 6.45) is 5.12. The Morgan fingerprint density at radius 3 is 2.70 bits per heavy atom. The lowest BCUT2D eigenvalue weighted by Crippen LogP contribution is -2.26. The number of aryl methyl sites for hydroxylation is 1. The zero-order chi connectivity index (χ0) is 15.6. The summed E-state index contributed by atoms with van der Waals surface area (Å²) in [5.74, 6) is 2.18. The molecule has 0 spiro atoms. The summed E-state index contributed by atoms with van der Waals surface area (Å²) in [6.45, 7) is 7.10. The molecule has 23 heavy (non-hydrogen) atoms. The van der Waals surface area contributed by atoms with Crippen LogP contribution in [0.5, 0.6) is 0 Å². The third kappa shape index (κ3) is 3.23. The van der Waals surface area contributed by atoms with E-state index in [4.69, 9.17) is 0 Å². The van der Waals surface area contributed by atoms with Crippen LogP contribution in [0, 0.1) is 6.92 Å². The van der Waals surface area contributed by atoms with E-state index in [0.29, 0.717) is 0 Å². The second-order valence-corrected chi connectivity index (χ2v) is 7.45. The number of rotatable bonds is 4. The monoisotopic (exact) mass is 327 g/mol. The smallest absolute Gasteiger partial charge is 0.153 e. The Hall–Kier alpha value is -1.92. The van der Waals surface area contributed by atoms with Crippen LogP contribution in [0.2, 0.25) is 0 Å². The van der Waals surface area contributed by atoms with Gasteiger partial charge in [0.05, 0.1) is 6.54 Å². The topological polar surface area (TPSA) is 38.9 Å². The van der Waals surface area contributed by atoms with Crippen molar-refractivity contribution < 1.29 is 0 Å². The molecule has 0 aliphatic carbocycles. The van der Waals surface area contributed by atoms with Crippen molar-refractivity contribution in [3.63, 3.8) is 0 Å². The maximum Gasteiger partial charge on any atom is 0.153 e. The predicted molar refractivity (Wildman–Crippen MR) is 91.6 cm³/mol. The van der Waals surface area contributed by atoms with Gasteiger partial charge in [0.25, 0.3) is 0 Å². The van der Waals surface area contributed by atoms with E-state index in [1.165, 1.54) is 9.75 Å². The average Bonchev–Trinajstić information content (AvgIpc) is 3.24. The summed E-state index contributed by atoms with van der Waals surface area (Å²) in [4.78, 5) is 5.37. The highest BCUT2D eigenvalue weighted by Gasteiger charge is 2.19. The van der Waals surface area contributed by atoms with Gasteiger partial charge in [-0.25, -0.2) is 0 Å². The molecular formula is C17H21N5S. The van der Waals surface area contributed by atoms with Gasteiger partial charge in [0, 0.05) is 54.7 Å². The molecule has 3 aromatic heterocycles. The number of aromatic nitrogens is 4. The highest BCUT2D eigenvalue weighted by Crippen LogP contribution is 2.19. The SMILES string of the molecule is Cc1ccc(CN2CCc3nnc(Cn4cccc4)n3CC2)s1. The van der Waals surface area contributed by atoms with Crippen molar-refractivity contribution in [1.29, 1.82) is 0 Å². The Labute approximate surface area is 140 Å². The minimum absolute atomic E-state index is 0.796. The minimum Gasteiger partial charge on any atom is -0.347 e. The first-order valence-corrected chi connectivity index (χ1v) is 8.89. The van der Waals surface area contributed by atoms with Crippen LogP contribution in [0.15, 0.2) is 36.7 Å². The van der Waals surface area contributed by atoms with Crippen molar-refractivity contribution in [1.82, 2.24) is 24.2 Å². The second-order valence-electron chi connectivity index (χ2n) is 6.08. The summed E-state index contributed by atoms with van der Waals surface area (Å²) in [5.41, 5.74) is 0. The third-order valence-electron chi connectivity index (χ3n) is 4.36. The third-order valence-corrected chi connectivity index (χ3v) is 5.35. The minimum atomic E-state index is 0.796. The van der Waals surface area contributed by atoms with Crippen molar-refractivity contribution in [2.75, 3.05) is 13.1 Å². The van der Waals surface area contributed by atoms with Crippen molar-refractivity contribution in [2.45, 2.75) is 33.0 Å². The number of thiophene rings is 1. The van der Waals surface area contributed by atoms with Crippen molar-refractivity contribution in [3.05, 3.63) is 58.1 Å². The van der Waals surface area contributed by atoms with E-state index < -0.39 is 0 Å². The Balaban J connectivity index is 1.45. The van der Waals surface area contributed by atoms with E-state index in [1.54, 1.807) is 0 Å². The van der Waals surface area contributed by atoms with Gasteiger partial charge in [-0.1, -0.05) is 0 Å². The summed E-state index contributed by atoms with van der Waals surface area (Å²) in [6, 6.07) is 8.55. The normalized spacial score (nSPS) is 15.5. The lowest BCUT2D eigenvalue weighted by Gasteiger charge is -2.18. The molecule has 4 rings (SSSR count). The molecule has 0 unspecified atom stereocenters. The van der Waals surface area contributed by atoms with Crippen molar-refractivity contribution >= 4 is 11.3 Å². The first kappa shape index (κ1) is 14.7. The molecule has 1 aliphatic rings. The predicted octanol–water partition coefficient (Wildman–Crippen LogP) is 2.56. The molecule has 0 saturated carbocycles. The van der Waals surface area contributed by atoms with E-state index >= 15 is 0 Å². The van der Waals surface area contributed by atoms with Crippen LogP contribution in [0.4, 0.5) is 0 Å². The second kappa shape index (κ2) is 6.29. The maximum absolute atomic E-state index is 4.42. The Morgan fingerprint density at radius 2 is 1.91 bits per heavy atom. The fourth-order valence-electron chi connectivity index (χ4n) is 3.13. The van der Waals surface area contributed by atoms with E-state index in [-0.39, 0.29) is 0 Å². The molecular weight excluding hydrogens is 306 g/mol. The van der Waals surface area contributed by atoms with Gasteiger partial charge in [0.1, 0.15) is 5.82 Å². The first-order chi connectivity index (χ1) is 11.3. The number of fused-ring (bicyclic) bond motifs is 1. The summed E-state index contributed by atoms with van der Waals surface area (Å²) >= 11 is 1.90. The highest BCUT2D eigenvalue weighted by molar-refractivity contribution is 7.11. The molecule has 0 atom stereocenters. The van der Waals surface area contributed by atoms with Gasteiger partial charge in [0.15, 0.2) is 5.82 Å². The van der Waals surface area contributed by atoms with Crippen molar-refractivity contribution in [3.8, 4) is 0 Å². The van der Waals surface area contributed by atoms with Crippen LogP contribution in [-0.4, -0.2) is 37.3 Å². The first-order valence-electron chi connectivity index (χ1n) is 8.07. The molecule has 0 radical (unpaired) electrons. The molecule has 0 N–H and O–H groups in total. The van der Waals surface area contributed by atoms with Crippen LogP contribution in [0.3, 0.4) is 0 Å². The quantitative estimate of drug-likeness (QED) is 0.739. The molecule has 0 saturated heterocycles. The Morgan fingerprint density at radius 1 is 1.04 bits per heavy atom. The molecule has 0 fully saturated rings. The van der Waals surface area contributed by atoms with Gasteiger partial charge >= 0.3 is 0 Å². The maximum atomic E-state index is 4.42. The average molecular weight is 327 g/mol. The Kier molecular flexibility index (Phi) is 4.01. The lowest BCUT2D eigenvalue weighted by atomic mass is 10.3. The zero-order valence-electron chi connectivity index (χ0n) is 13.4. The zero-order valence-corrected chi connectivity index (χ0v) is 14.2. The molecule has 0 aromatic carbocycles. The Bertz CT molecular complexity index is 771. The molecule has 6 heteroatoms. The molecule has 4 heterocycles. The lowest BCUT2D eigenvalue weighted by molar-refractivity contribution is 0.272. The van der Waals surface area contributed by atoms with Crippen LogP contribution in [0.25, 0.3) is 0 Å². The molecule has 120 valence electrons.